The minimum atomic E-state index is -0.279. The van der Waals surface area contributed by atoms with Gasteiger partial charge in [0.2, 0.25) is 5.89 Å². The topological polar surface area (TPSA) is 68.0 Å². The van der Waals surface area contributed by atoms with Crippen LogP contribution in [0.25, 0.3) is 0 Å². The van der Waals surface area contributed by atoms with E-state index < -0.39 is 0 Å². The molecule has 0 atom stereocenters. The zero-order valence-corrected chi connectivity index (χ0v) is 19.6. The summed E-state index contributed by atoms with van der Waals surface area (Å²) in [4.78, 5) is 21.2. The molecule has 0 unspecified atom stereocenters. The van der Waals surface area contributed by atoms with Crippen LogP contribution in [0.5, 0.6) is 11.5 Å². The maximum Gasteiger partial charge on any atom is 0.275 e. The number of methoxy groups -OCH3 is 2. The second kappa shape index (κ2) is 11.2. The van der Waals surface area contributed by atoms with Crippen molar-refractivity contribution in [1.82, 2.24) is 14.8 Å². The normalized spacial score (nSPS) is 13.8. The standard InChI is InChI=1S/C26H30FN3O4/c1-32-22-10-11-24(33-2)20(14-22)16-29(15-19-6-8-21(27)9-7-19)17-25-28-23(18-34-25)26(31)30-12-4-3-5-13-30/h6-11,14,18H,3-5,12-13,15-17H2,1-2H3. The SMILES string of the molecule is COc1ccc(OC)c(CN(Cc2ccc(F)cc2)Cc2nc(C(=O)N3CCCCC3)co2)c1. The van der Waals surface area contributed by atoms with Crippen molar-refractivity contribution in [3.05, 3.63) is 77.3 Å². The van der Waals surface area contributed by atoms with Crippen LogP contribution in [0.3, 0.4) is 0 Å². The molecular weight excluding hydrogens is 437 g/mol. The minimum absolute atomic E-state index is 0.0887. The molecule has 0 aliphatic carbocycles. The molecule has 0 saturated carbocycles. The van der Waals surface area contributed by atoms with Crippen LogP contribution in [0.1, 0.15) is 46.8 Å². The average molecular weight is 468 g/mol. The van der Waals surface area contributed by atoms with Gasteiger partial charge in [-0.1, -0.05) is 12.1 Å². The number of nitrogens with zero attached hydrogens (tertiary/aromatic N) is 3. The van der Waals surface area contributed by atoms with Crippen LogP contribution in [0.15, 0.2) is 53.1 Å². The number of benzene rings is 2. The number of ether oxygens (including phenoxy) is 2. The van der Waals surface area contributed by atoms with Crippen LogP contribution < -0.4 is 9.47 Å². The average Bonchev–Trinajstić information content (AvgIpc) is 3.33. The summed E-state index contributed by atoms with van der Waals surface area (Å²) < 4.78 is 30.0. The third kappa shape index (κ3) is 5.94. The first-order chi connectivity index (χ1) is 16.6. The van der Waals surface area contributed by atoms with Crippen LogP contribution in [-0.4, -0.2) is 48.0 Å². The van der Waals surface area contributed by atoms with Gasteiger partial charge in [-0.05, 0) is 55.2 Å². The van der Waals surface area contributed by atoms with E-state index in [0.29, 0.717) is 31.2 Å². The van der Waals surface area contributed by atoms with Crippen molar-refractivity contribution in [3.63, 3.8) is 0 Å². The number of halogens is 1. The number of likely N-dealkylation sites (tertiary alicyclic amines) is 1. The predicted octanol–water partition coefficient (Wildman–Crippen LogP) is 4.66. The Morgan fingerprint density at radius 3 is 2.50 bits per heavy atom. The fourth-order valence-electron chi connectivity index (χ4n) is 4.19. The van der Waals surface area contributed by atoms with Crippen LogP contribution in [0.2, 0.25) is 0 Å². The number of hydrogen-bond donors (Lipinski definition) is 0. The summed E-state index contributed by atoms with van der Waals surface area (Å²) in [5, 5.41) is 0. The van der Waals surface area contributed by atoms with Crippen LogP contribution in [0.4, 0.5) is 4.39 Å². The van der Waals surface area contributed by atoms with Crippen LogP contribution >= 0.6 is 0 Å². The zero-order valence-electron chi connectivity index (χ0n) is 19.6. The Bertz CT molecular complexity index is 1090. The summed E-state index contributed by atoms with van der Waals surface area (Å²) in [5.41, 5.74) is 2.21. The summed E-state index contributed by atoms with van der Waals surface area (Å²) in [6.07, 6.45) is 4.63. The summed E-state index contributed by atoms with van der Waals surface area (Å²) in [6, 6.07) is 12.0. The number of carbonyl (C=O) groups is 1. The smallest absolute Gasteiger partial charge is 0.275 e. The molecule has 0 bridgehead atoms. The molecule has 0 N–H and O–H groups in total. The Kier molecular flexibility index (Phi) is 7.80. The summed E-state index contributed by atoms with van der Waals surface area (Å²) >= 11 is 0. The van der Waals surface area contributed by atoms with Crippen LogP contribution in [-0.2, 0) is 19.6 Å². The molecule has 34 heavy (non-hydrogen) atoms. The quantitative estimate of drug-likeness (QED) is 0.456. The minimum Gasteiger partial charge on any atom is -0.497 e. The van der Waals surface area contributed by atoms with E-state index in [4.69, 9.17) is 13.9 Å². The van der Waals surface area contributed by atoms with Gasteiger partial charge >= 0.3 is 0 Å². The number of carbonyl (C=O) groups excluding carboxylic acids is 1. The van der Waals surface area contributed by atoms with Gasteiger partial charge in [-0.2, -0.15) is 0 Å². The van der Waals surface area contributed by atoms with Gasteiger partial charge < -0.3 is 18.8 Å². The molecule has 3 aromatic rings. The van der Waals surface area contributed by atoms with E-state index >= 15 is 0 Å². The van der Waals surface area contributed by atoms with E-state index in [9.17, 15) is 9.18 Å². The third-order valence-corrected chi connectivity index (χ3v) is 5.97. The highest BCUT2D eigenvalue weighted by Gasteiger charge is 2.22. The molecule has 1 aliphatic heterocycles. The van der Waals surface area contributed by atoms with Gasteiger partial charge in [-0.3, -0.25) is 9.69 Å². The molecule has 2 aromatic carbocycles. The van der Waals surface area contributed by atoms with E-state index in [2.05, 4.69) is 9.88 Å². The van der Waals surface area contributed by atoms with Crippen molar-refractivity contribution in [2.24, 2.45) is 0 Å². The molecule has 2 heterocycles. The fourth-order valence-corrected chi connectivity index (χ4v) is 4.19. The van der Waals surface area contributed by atoms with Gasteiger partial charge in [-0.15, -0.1) is 0 Å². The Morgan fingerprint density at radius 1 is 1.03 bits per heavy atom. The number of rotatable bonds is 9. The summed E-state index contributed by atoms with van der Waals surface area (Å²) in [6.45, 7) is 2.92. The molecule has 1 aromatic heterocycles. The number of hydrogen-bond acceptors (Lipinski definition) is 6. The summed E-state index contributed by atoms with van der Waals surface area (Å²) in [7, 11) is 3.25. The largest absolute Gasteiger partial charge is 0.497 e. The van der Waals surface area contributed by atoms with Crippen molar-refractivity contribution in [1.29, 1.82) is 0 Å². The lowest BCUT2D eigenvalue weighted by Crippen LogP contribution is -2.35. The van der Waals surface area contributed by atoms with E-state index in [1.54, 1.807) is 26.4 Å². The first-order valence-corrected chi connectivity index (χ1v) is 11.5. The molecule has 8 heteroatoms. The van der Waals surface area contributed by atoms with Gasteiger partial charge in [0.1, 0.15) is 23.6 Å². The number of aromatic nitrogens is 1. The number of oxazole rings is 1. The Morgan fingerprint density at radius 2 is 1.79 bits per heavy atom. The molecule has 180 valence electrons. The number of piperidine rings is 1. The van der Waals surface area contributed by atoms with Gasteiger partial charge in [0.15, 0.2) is 5.69 Å². The second-order valence-corrected chi connectivity index (χ2v) is 8.43. The molecule has 4 rings (SSSR count). The van der Waals surface area contributed by atoms with Gasteiger partial charge in [0.05, 0.1) is 20.8 Å². The monoisotopic (exact) mass is 467 g/mol. The first kappa shape index (κ1) is 23.8. The van der Waals surface area contributed by atoms with E-state index in [0.717, 1.165) is 55.0 Å². The number of amides is 1. The molecule has 0 radical (unpaired) electrons. The highest BCUT2D eigenvalue weighted by molar-refractivity contribution is 5.92. The maximum absolute atomic E-state index is 13.4. The van der Waals surface area contributed by atoms with Gasteiger partial charge in [0.25, 0.3) is 5.91 Å². The Balaban J connectivity index is 1.54. The summed E-state index contributed by atoms with van der Waals surface area (Å²) in [5.74, 6) is 1.54. The molecule has 7 nitrogen and oxygen atoms in total. The lowest BCUT2D eigenvalue weighted by atomic mass is 10.1. The Labute approximate surface area is 199 Å². The predicted molar refractivity (Wildman–Crippen MR) is 125 cm³/mol. The highest BCUT2D eigenvalue weighted by Crippen LogP contribution is 2.27. The Hall–Kier alpha value is -3.39. The lowest BCUT2D eigenvalue weighted by molar-refractivity contribution is 0.0718. The van der Waals surface area contributed by atoms with Crippen molar-refractivity contribution < 1.29 is 23.1 Å². The molecule has 1 saturated heterocycles. The van der Waals surface area contributed by atoms with E-state index in [-0.39, 0.29) is 11.7 Å². The highest BCUT2D eigenvalue weighted by atomic mass is 19.1. The fraction of sp³-hybridized carbons (Fsp3) is 0.385. The lowest BCUT2D eigenvalue weighted by Gasteiger charge is -2.25. The molecule has 1 aliphatic rings. The second-order valence-electron chi connectivity index (χ2n) is 8.43. The third-order valence-electron chi connectivity index (χ3n) is 5.97. The van der Waals surface area contributed by atoms with Crippen molar-refractivity contribution in [2.75, 3.05) is 27.3 Å². The molecule has 1 amide bonds. The van der Waals surface area contributed by atoms with Gasteiger partial charge in [0, 0.05) is 31.7 Å². The van der Waals surface area contributed by atoms with Crippen LogP contribution in [0, 0.1) is 5.82 Å². The molecule has 1 fully saturated rings. The zero-order chi connectivity index (χ0) is 23.9. The van der Waals surface area contributed by atoms with E-state index in [1.807, 2.05) is 23.1 Å². The van der Waals surface area contributed by atoms with E-state index in [1.165, 1.54) is 18.4 Å². The van der Waals surface area contributed by atoms with Crippen molar-refractivity contribution in [3.8, 4) is 11.5 Å². The maximum atomic E-state index is 13.4. The molecule has 0 spiro atoms. The first-order valence-electron chi connectivity index (χ1n) is 11.5. The molecular formula is C26H30FN3O4. The van der Waals surface area contributed by atoms with Crippen molar-refractivity contribution >= 4 is 5.91 Å². The van der Waals surface area contributed by atoms with Crippen molar-refractivity contribution in [2.45, 2.75) is 38.9 Å². The van der Waals surface area contributed by atoms with Gasteiger partial charge in [-0.25, -0.2) is 9.37 Å².